The predicted molar refractivity (Wildman–Crippen MR) is 136 cm³/mol. The molecule has 0 saturated carbocycles. The highest BCUT2D eigenvalue weighted by atomic mass is 35.5. The summed E-state index contributed by atoms with van der Waals surface area (Å²) >= 11 is 6.41. The molecule has 10 heteroatoms. The number of rotatable bonds is 5. The fourth-order valence-electron chi connectivity index (χ4n) is 4.85. The second kappa shape index (κ2) is 9.81. The van der Waals surface area contributed by atoms with Crippen molar-refractivity contribution in [1.29, 1.82) is 0 Å². The van der Waals surface area contributed by atoms with Gasteiger partial charge in [-0.05, 0) is 51.0 Å². The second-order valence-corrected chi connectivity index (χ2v) is 9.53. The van der Waals surface area contributed by atoms with Crippen LogP contribution in [0.5, 0.6) is 6.01 Å². The number of anilines is 3. The lowest BCUT2D eigenvalue weighted by molar-refractivity contribution is 0.379. The van der Waals surface area contributed by atoms with Crippen LogP contribution in [-0.4, -0.2) is 65.3 Å². The first kappa shape index (κ1) is 23.5. The summed E-state index contributed by atoms with van der Waals surface area (Å²) in [6.07, 6.45) is 3.82. The minimum atomic E-state index is -0.263. The normalized spacial score (nSPS) is 20.4. The van der Waals surface area contributed by atoms with Crippen LogP contribution in [0.25, 0.3) is 11.3 Å². The zero-order valence-electron chi connectivity index (χ0n) is 20.2. The Kier molecular flexibility index (Phi) is 6.60. The van der Waals surface area contributed by atoms with Crippen molar-refractivity contribution in [2.75, 3.05) is 48.0 Å². The van der Waals surface area contributed by atoms with Crippen LogP contribution >= 0.6 is 11.6 Å². The molecule has 0 spiro atoms. The average molecular weight is 498 g/mol. The number of aromatic nitrogens is 4. The summed E-state index contributed by atoms with van der Waals surface area (Å²) in [6.45, 7) is 7.47. The van der Waals surface area contributed by atoms with Crippen molar-refractivity contribution < 1.29 is 9.13 Å². The number of ether oxygens (including phenoxy) is 1. The third-order valence-electron chi connectivity index (χ3n) is 6.76. The lowest BCUT2D eigenvalue weighted by atomic mass is 10.1. The average Bonchev–Trinajstić information content (AvgIpc) is 3.30. The number of hydrogen-bond donors (Lipinski definition) is 0. The molecule has 0 aliphatic carbocycles. The van der Waals surface area contributed by atoms with Gasteiger partial charge in [0.1, 0.15) is 16.7 Å². The molecule has 2 aromatic heterocycles. The summed E-state index contributed by atoms with van der Waals surface area (Å²) in [5.41, 5.74) is 1.66. The molecule has 0 radical (unpaired) electrons. The SMILES string of the molecule is COc1ncc(Cl)c(N2CCN(c3cc(-c4ccc(F)cc4)nc(N4CCCC4C)n3)C(C)C2)n1. The first-order valence-corrected chi connectivity index (χ1v) is 12.3. The Morgan fingerprint density at radius 1 is 1.00 bits per heavy atom. The van der Waals surface area contributed by atoms with Crippen LogP contribution in [0.2, 0.25) is 5.02 Å². The maximum Gasteiger partial charge on any atom is 0.318 e. The quantitative estimate of drug-likeness (QED) is 0.512. The number of piperazine rings is 1. The number of halogens is 2. The molecule has 2 fully saturated rings. The molecule has 2 atom stereocenters. The summed E-state index contributed by atoms with van der Waals surface area (Å²) < 4.78 is 18.8. The number of methoxy groups -OCH3 is 1. The molecule has 2 aliphatic heterocycles. The summed E-state index contributed by atoms with van der Waals surface area (Å²) in [5, 5.41) is 0.498. The van der Waals surface area contributed by atoms with Crippen molar-refractivity contribution in [3.8, 4) is 17.3 Å². The Balaban J connectivity index is 1.46. The maximum atomic E-state index is 13.6. The van der Waals surface area contributed by atoms with Crippen LogP contribution in [0.3, 0.4) is 0 Å². The Bertz CT molecular complexity index is 1190. The molecular formula is C25H29ClFN7O. The number of benzene rings is 1. The Morgan fingerprint density at radius 3 is 2.49 bits per heavy atom. The monoisotopic (exact) mass is 497 g/mol. The van der Waals surface area contributed by atoms with E-state index in [9.17, 15) is 4.39 Å². The second-order valence-electron chi connectivity index (χ2n) is 9.12. The highest BCUT2D eigenvalue weighted by Gasteiger charge is 2.30. The Hall–Kier alpha value is -3.20. The van der Waals surface area contributed by atoms with Gasteiger partial charge in [0.2, 0.25) is 5.95 Å². The fourth-order valence-corrected chi connectivity index (χ4v) is 5.06. The summed E-state index contributed by atoms with van der Waals surface area (Å²) in [5.74, 6) is 2.00. The molecule has 0 amide bonds. The van der Waals surface area contributed by atoms with Crippen LogP contribution in [0.15, 0.2) is 36.5 Å². The summed E-state index contributed by atoms with van der Waals surface area (Å²) in [4.78, 5) is 25.1. The van der Waals surface area contributed by atoms with Crippen molar-refractivity contribution in [2.24, 2.45) is 0 Å². The number of nitrogens with zero attached hydrogens (tertiary/aromatic N) is 7. The van der Waals surface area contributed by atoms with Gasteiger partial charge in [0.15, 0.2) is 5.82 Å². The summed E-state index contributed by atoms with van der Waals surface area (Å²) in [7, 11) is 1.54. The van der Waals surface area contributed by atoms with E-state index in [1.165, 1.54) is 12.1 Å². The molecule has 2 saturated heterocycles. The van der Waals surface area contributed by atoms with E-state index >= 15 is 0 Å². The topological polar surface area (TPSA) is 70.5 Å². The van der Waals surface area contributed by atoms with E-state index in [0.717, 1.165) is 55.5 Å². The van der Waals surface area contributed by atoms with Gasteiger partial charge >= 0.3 is 6.01 Å². The summed E-state index contributed by atoms with van der Waals surface area (Å²) in [6, 6.07) is 9.30. The highest BCUT2D eigenvalue weighted by molar-refractivity contribution is 6.32. The first-order chi connectivity index (χ1) is 16.9. The molecule has 184 valence electrons. The largest absolute Gasteiger partial charge is 0.467 e. The third kappa shape index (κ3) is 4.82. The van der Waals surface area contributed by atoms with Crippen molar-refractivity contribution in [1.82, 2.24) is 19.9 Å². The highest BCUT2D eigenvalue weighted by Crippen LogP contribution is 2.32. The smallest absolute Gasteiger partial charge is 0.318 e. The van der Waals surface area contributed by atoms with Crippen LogP contribution in [0.4, 0.5) is 22.0 Å². The minimum absolute atomic E-state index is 0.139. The van der Waals surface area contributed by atoms with Crippen LogP contribution in [0, 0.1) is 5.82 Å². The Morgan fingerprint density at radius 2 is 1.80 bits per heavy atom. The molecule has 8 nitrogen and oxygen atoms in total. The van der Waals surface area contributed by atoms with E-state index in [1.54, 1.807) is 25.4 Å². The first-order valence-electron chi connectivity index (χ1n) is 11.9. The van der Waals surface area contributed by atoms with Crippen molar-refractivity contribution in [3.05, 3.63) is 47.4 Å². The zero-order valence-corrected chi connectivity index (χ0v) is 20.9. The van der Waals surface area contributed by atoms with E-state index in [4.69, 9.17) is 26.3 Å². The lowest BCUT2D eigenvalue weighted by Gasteiger charge is -2.41. The van der Waals surface area contributed by atoms with Gasteiger partial charge in [-0.25, -0.2) is 14.4 Å². The molecule has 2 aliphatic rings. The molecule has 5 rings (SSSR count). The molecule has 0 N–H and O–H groups in total. The predicted octanol–water partition coefficient (Wildman–Crippen LogP) is 4.44. The van der Waals surface area contributed by atoms with E-state index in [-0.39, 0.29) is 11.9 Å². The molecule has 1 aromatic carbocycles. The van der Waals surface area contributed by atoms with Crippen molar-refractivity contribution in [2.45, 2.75) is 38.8 Å². The van der Waals surface area contributed by atoms with Gasteiger partial charge in [-0.2, -0.15) is 9.97 Å². The fraction of sp³-hybridized carbons (Fsp3) is 0.440. The third-order valence-corrected chi connectivity index (χ3v) is 7.02. The number of hydrogen-bond acceptors (Lipinski definition) is 8. The van der Waals surface area contributed by atoms with Crippen LogP contribution in [0.1, 0.15) is 26.7 Å². The molecular weight excluding hydrogens is 469 g/mol. The van der Waals surface area contributed by atoms with E-state index in [1.807, 2.05) is 6.07 Å². The molecule has 4 heterocycles. The van der Waals surface area contributed by atoms with E-state index in [2.05, 4.69) is 38.5 Å². The molecule has 3 aromatic rings. The molecule has 35 heavy (non-hydrogen) atoms. The van der Waals surface area contributed by atoms with Gasteiger partial charge in [-0.3, -0.25) is 0 Å². The van der Waals surface area contributed by atoms with Gasteiger partial charge in [0, 0.05) is 49.9 Å². The van der Waals surface area contributed by atoms with Crippen LogP contribution < -0.4 is 19.4 Å². The standard InChI is InChI=1S/C25H29ClFN7O/c1-16-5-4-10-34(16)24-29-21(18-6-8-19(27)9-7-18)13-22(30-24)33-12-11-32(15-17(33)2)23-20(26)14-28-25(31-23)35-3/h6-9,13-14,16-17H,4-5,10-12,15H2,1-3H3. The minimum Gasteiger partial charge on any atom is -0.467 e. The Labute approximate surface area is 209 Å². The van der Waals surface area contributed by atoms with Gasteiger partial charge < -0.3 is 19.4 Å². The molecule has 2 unspecified atom stereocenters. The van der Waals surface area contributed by atoms with E-state index < -0.39 is 0 Å². The van der Waals surface area contributed by atoms with Gasteiger partial charge in [-0.15, -0.1) is 0 Å². The molecule has 0 bridgehead atoms. The van der Waals surface area contributed by atoms with Gasteiger partial charge in [0.05, 0.1) is 19.0 Å². The van der Waals surface area contributed by atoms with Crippen molar-refractivity contribution >= 4 is 29.2 Å². The van der Waals surface area contributed by atoms with Gasteiger partial charge in [0.25, 0.3) is 0 Å². The van der Waals surface area contributed by atoms with Crippen LogP contribution in [-0.2, 0) is 0 Å². The van der Waals surface area contributed by atoms with E-state index in [0.29, 0.717) is 29.4 Å². The van der Waals surface area contributed by atoms with Gasteiger partial charge in [-0.1, -0.05) is 11.6 Å². The maximum absolute atomic E-state index is 13.6. The van der Waals surface area contributed by atoms with Crippen molar-refractivity contribution in [3.63, 3.8) is 0 Å². The lowest BCUT2D eigenvalue weighted by Crippen LogP contribution is -2.53. The zero-order chi connectivity index (χ0) is 24.5.